The molecule has 1 aliphatic heterocycles. The van der Waals surface area contributed by atoms with Crippen molar-refractivity contribution in [1.82, 2.24) is 19.8 Å². The molecule has 2 aliphatic rings. The molecule has 160 valence electrons. The van der Waals surface area contributed by atoms with E-state index in [1.165, 1.54) is 31.4 Å². The lowest BCUT2D eigenvalue weighted by atomic mass is 9.99. The molecule has 0 bridgehead atoms. The van der Waals surface area contributed by atoms with E-state index in [9.17, 15) is 0 Å². The van der Waals surface area contributed by atoms with Gasteiger partial charge in [0.1, 0.15) is 5.75 Å². The fourth-order valence-corrected chi connectivity index (χ4v) is 5.39. The molecule has 2 unspecified atom stereocenters. The Hall–Kier alpha value is -2.86. The highest BCUT2D eigenvalue weighted by Crippen LogP contribution is 2.43. The molecule has 5 nitrogen and oxygen atoms in total. The Balaban J connectivity index is 1.56. The van der Waals surface area contributed by atoms with Gasteiger partial charge in [0.15, 0.2) is 5.11 Å². The second kappa shape index (κ2) is 8.71. The summed E-state index contributed by atoms with van der Waals surface area (Å²) in [6.45, 7) is 2.67. The van der Waals surface area contributed by atoms with Crippen LogP contribution in [0.3, 0.4) is 0 Å². The number of nitrogens with one attached hydrogen (secondary N) is 1. The molecule has 0 radical (unpaired) electrons. The molecular weight excluding hydrogens is 404 g/mol. The van der Waals surface area contributed by atoms with Crippen LogP contribution < -0.4 is 10.1 Å². The van der Waals surface area contributed by atoms with E-state index >= 15 is 0 Å². The lowest BCUT2D eigenvalue weighted by Gasteiger charge is -2.33. The average Bonchev–Trinajstić information content (AvgIpc) is 3.54. The van der Waals surface area contributed by atoms with Crippen LogP contribution >= 0.6 is 12.2 Å². The SMILES string of the molecule is CCOc1ccc(-n2cccc2C2C(c3ccccn3)NC(=S)N2C2CCCC2)cc1. The zero-order valence-electron chi connectivity index (χ0n) is 17.8. The smallest absolute Gasteiger partial charge is 0.170 e. The molecule has 0 amide bonds. The van der Waals surface area contributed by atoms with Gasteiger partial charge in [-0.25, -0.2) is 0 Å². The summed E-state index contributed by atoms with van der Waals surface area (Å²) < 4.78 is 7.90. The number of pyridine rings is 1. The molecule has 1 saturated heterocycles. The van der Waals surface area contributed by atoms with Gasteiger partial charge in [0.2, 0.25) is 0 Å². The van der Waals surface area contributed by atoms with Crippen molar-refractivity contribution in [3.63, 3.8) is 0 Å². The molecule has 5 rings (SSSR count). The number of ether oxygens (including phenoxy) is 1. The van der Waals surface area contributed by atoms with Crippen LogP contribution in [-0.4, -0.2) is 32.2 Å². The van der Waals surface area contributed by atoms with Gasteiger partial charge in [-0.1, -0.05) is 18.9 Å². The predicted octanol–water partition coefficient (Wildman–Crippen LogP) is 5.19. The summed E-state index contributed by atoms with van der Waals surface area (Å²) >= 11 is 5.87. The molecular formula is C25H28N4OS. The summed E-state index contributed by atoms with van der Waals surface area (Å²) in [6, 6.07) is 19.3. The first-order valence-electron chi connectivity index (χ1n) is 11.2. The third-order valence-corrected chi connectivity index (χ3v) is 6.69. The van der Waals surface area contributed by atoms with Gasteiger partial charge in [-0.05, 0) is 80.5 Å². The molecule has 31 heavy (non-hydrogen) atoms. The third kappa shape index (κ3) is 3.81. The van der Waals surface area contributed by atoms with Crippen LogP contribution in [0.25, 0.3) is 5.69 Å². The summed E-state index contributed by atoms with van der Waals surface area (Å²) in [4.78, 5) is 7.12. The number of nitrogens with zero attached hydrogens (tertiary/aromatic N) is 3. The maximum absolute atomic E-state index is 5.87. The van der Waals surface area contributed by atoms with Crippen molar-refractivity contribution in [3.8, 4) is 11.4 Å². The van der Waals surface area contributed by atoms with Crippen LogP contribution in [0.4, 0.5) is 0 Å². The highest BCUT2D eigenvalue weighted by atomic mass is 32.1. The van der Waals surface area contributed by atoms with Crippen molar-refractivity contribution < 1.29 is 4.74 Å². The Kier molecular flexibility index (Phi) is 5.64. The van der Waals surface area contributed by atoms with Gasteiger partial charge in [0.05, 0.1) is 24.4 Å². The molecule has 0 spiro atoms. The molecule has 1 aromatic carbocycles. The predicted molar refractivity (Wildman–Crippen MR) is 126 cm³/mol. The normalized spacial score (nSPS) is 21.5. The van der Waals surface area contributed by atoms with E-state index in [-0.39, 0.29) is 12.1 Å². The largest absolute Gasteiger partial charge is 0.494 e. The van der Waals surface area contributed by atoms with E-state index in [0.717, 1.165) is 22.2 Å². The molecule has 1 N–H and O–H groups in total. The van der Waals surface area contributed by atoms with E-state index in [4.69, 9.17) is 17.0 Å². The Labute approximate surface area is 189 Å². The number of rotatable bonds is 6. The van der Waals surface area contributed by atoms with Crippen LogP contribution in [0.1, 0.15) is 56.1 Å². The lowest BCUT2D eigenvalue weighted by Crippen LogP contribution is -2.38. The fraction of sp³-hybridized carbons (Fsp3) is 0.360. The number of aromatic nitrogens is 2. The van der Waals surface area contributed by atoms with E-state index in [2.05, 4.69) is 56.3 Å². The van der Waals surface area contributed by atoms with Gasteiger partial charge in [-0.3, -0.25) is 4.98 Å². The van der Waals surface area contributed by atoms with Crippen molar-refractivity contribution in [2.75, 3.05) is 6.61 Å². The van der Waals surface area contributed by atoms with Crippen molar-refractivity contribution in [3.05, 3.63) is 78.4 Å². The molecule has 2 fully saturated rings. The minimum Gasteiger partial charge on any atom is -0.494 e. The number of benzene rings is 1. The summed E-state index contributed by atoms with van der Waals surface area (Å²) in [5.74, 6) is 0.891. The second-order valence-corrected chi connectivity index (χ2v) is 8.59. The Morgan fingerprint density at radius 3 is 2.58 bits per heavy atom. The van der Waals surface area contributed by atoms with Crippen LogP contribution in [-0.2, 0) is 0 Å². The Morgan fingerprint density at radius 2 is 1.87 bits per heavy atom. The number of hydrogen-bond acceptors (Lipinski definition) is 3. The Bertz CT molecular complexity index is 1030. The van der Waals surface area contributed by atoms with Gasteiger partial charge in [-0.15, -0.1) is 0 Å². The first-order chi connectivity index (χ1) is 15.3. The summed E-state index contributed by atoms with van der Waals surface area (Å²) in [7, 11) is 0. The standard InChI is InChI=1S/C25H28N4OS/c1-2-30-20-14-12-18(13-15-20)28-17-7-11-22(28)24-23(21-10-5-6-16-26-21)27-25(31)29(24)19-8-3-4-9-19/h5-7,10-17,19,23-24H,2-4,8-9H2,1H3,(H,27,31). The summed E-state index contributed by atoms with van der Waals surface area (Å²) in [5.41, 5.74) is 3.36. The van der Waals surface area contributed by atoms with Crippen molar-refractivity contribution in [2.45, 2.75) is 50.7 Å². The van der Waals surface area contributed by atoms with Gasteiger partial charge >= 0.3 is 0 Å². The topological polar surface area (TPSA) is 42.3 Å². The van der Waals surface area contributed by atoms with Crippen LogP contribution in [0.5, 0.6) is 5.75 Å². The fourth-order valence-electron chi connectivity index (χ4n) is 5.00. The quantitative estimate of drug-likeness (QED) is 0.543. The molecule has 2 atom stereocenters. The van der Waals surface area contributed by atoms with Gasteiger partial charge in [0, 0.05) is 29.8 Å². The third-order valence-electron chi connectivity index (χ3n) is 6.36. The van der Waals surface area contributed by atoms with Crippen molar-refractivity contribution >= 4 is 17.3 Å². The first kappa shape index (κ1) is 20.1. The minimum absolute atomic E-state index is 0.0191. The summed E-state index contributed by atoms with van der Waals surface area (Å²) in [6.07, 6.45) is 8.92. The minimum atomic E-state index is 0.0191. The molecule has 2 aromatic heterocycles. The van der Waals surface area contributed by atoms with Gasteiger partial charge < -0.3 is 19.5 Å². The first-order valence-corrected chi connectivity index (χ1v) is 11.6. The van der Waals surface area contributed by atoms with E-state index in [1.54, 1.807) is 0 Å². The highest BCUT2D eigenvalue weighted by molar-refractivity contribution is 7.80. The zero-order valence-corrected chi connectivity index (χ0v) is 18.6. The molecule has 3 aromatic rings. The molecule has 6 heteroatoms. The van der Waals surface area contributed by atoms with Gasteiger partial charge in [-0.2, -0.15) is 0 Å². The van der Waals surface area contributed by atoms with E-state index in [1.807, 2.05) is 37.4 Å². The molecule has 1 aliphatic carbocycles. The maximum atomic E-state index is 5.87. The monoisotopic (exact) mass is 432 g/mol. The molecule has 1 saturated carbocycles. The Morgan fingerprint density at radius 1 is 1.06 bits per heavy atom. The highest BCUT2D eigenvalue weighted by Gasteiger charge is 2.44. The van der Waals surface area contributed by atoms with E-state index in [0.29, 0.717) is 12.6 Å². The van der Waals surface area contributed by atoms with Crippen molar-refractivity contribution in [1.29, 1.82) is 0 Å². The number of hydrogen-bond donors (Lipinski definition) is 1. The van der Waals surface area contributed by atoms with E-state index < -0.39 is 0 Å². The van der Waals surface area contributed by atoms with Gasteiger partial charge in [0.25, 0.3) is 0 Å². The zero-order chi connectivity index (χ0) is 21.2. The lowest BCUT2D eigenvalue weighted by molar-refractivity contribution is 0.239. The average molecular weight is 433 g/mol. The van der Waals surface area contributed by atoms with Crippen molar-refractivity contribution in [2.24, 2.45) is 0 Å². The number of thiocarbonyl (C=S) groups is 1. The van der Waals surface area contributed by atoms with Crippen LogP contribution in [0, 0.1) is 0 Å². The second-order valence-electron chi connectivity index (χ2n) is 8.20. The maximum Gasteiger partial charge on any atom is 0.170 e. The van der Waals surface area contributed by atoms with Crippen LogP contribution in [0.15, 0.2) is 67.0 Å². The molecule has 3 heterocycles. The van der Waals surface area contributed by atoms with Crippen LogP contribution in [0.2, 0.25) is 0 Å². The summed E-state index contributed by atoms with van der Waals surface area (Å²) in [5, 5.41) is 4.44.